The number of carboxylic acid groups (broad SMARTS) is 3. The number of aliphatic carboxylic acids is 3. The molecule has 0 saturated heterocycles. The van der Waals surface area contributed by atoms with Gasteiger partial charge in [0.15, 0.2) is 0 Å². The number of nitrogens with one attached hydrogen (secondary N) is 2. The standard InChI is InChI=1S/C36H61N5O14/c1-52-15-17-54-35(50)28-7-3-26(4-8-28)19-37-30(42)21-40(24-33(46)47)13-11-39(23-32(44)45)12-14-41(25-34(48)49)22-31(43)38-20-27-5-9-29(10-6-27)36(51)55-18-16-53-2/h26-29H,3-25H2,1-2H3,(H,37,42)(H,38,43)(H,44,45)(H,46,47)(H,48,49). The van der Waals surface area contributed by atoms with Crippen LogP contribution >= 0.6 is 0 Å². The average molecular weight is 788 g/mol. The van der Waals surface area contributed by atoms with Gasteiger partial charge in [0.25, 0.3) is 0 Å². The van der Waals surface area contributed by atoms with E-state index in [0.717, 1.165) is 25.7 Å². The van der Waals surface area contributed by atoms with Crippen LogP contribution in [0.3, 0.4) is 0 Å². The van der Waals surface area contributed by atoms with Gasteiger partial charge in [-0.05, 0) is 63.2 Å². The van der Waals surface area contributed by atoms with Gasteiger partial charge in [-0.25, -0.2) is 0 Å². The minimum absolute atomic E-state index is 0.0375. The van der Waals surface area contributed by atoms with Crippen molar-refractivity contribution in [3.63, 3.8) is 0 Å². The molecule has 5 N–H and O–H groups in total. The van der Waals surface area contributed by atoms with Crippen molar-refractivity contribution >= 4 is 41.7 Å². The first-order chi connectivity index (χ1) is 26.3. The summed E-state index contributed by atoms with van der Waals surface area (Å²) in [4.78, 5) is 89.2. The monoisotopic (exact) mass is 787 g/mol. The molecule has 2 aliphatic carbocycles. The summed E-state index contributed by atoms with van der Waals surface area (Å²) in [6.07, 6.45) is 5.48. The highest BCUT2D eigenvalue weighted by molar-refractivity contribution is 5.79. The number of carbonyl (C=O) groups is 7. The van der Waals surface area contributed by atoms with Crippen LogP contribution in [0.5, 0.6) is 0 Å². The Balaban J connectivity index is 1.82. The van der Waals surface area contributed by atoms with Gasteiger partial charge >= 0.3 is 29.8 Å². The number of ether oxygens (including phenoxy) is 4. The number of nitrogens with zero attached hydrogens (tertiary/aromatic N) is 3. The fraction of sp³-hybridized carbons (Fsp3) is 0.806. The molecule has 0 aromatic carbocycles. The Hall–Kier alpha value is -3.91. The molecule has 2 saturated carbocycles. The maximum atomic E-state index is 12.8. The van der Waals surface area contributed by atoms with Gasteiger partial charge in [-0.3, -0.25) is 48.3 Å². The molecule has 0 atom stereocenters. The Morgan fingerprint density at radius 1 is 0.491 bits per heavy atom. The van der Waals surface area contributed by atoms with Crippen molar-refractivity contribution in [3.8, 4) is 0 Å². The fourth-order valence-electron chi connectivity index (χ4n) is 6.76. The summed E-state index contributed by atoms with van der Waals surface area (Å²) >= 11 is 0. The van der Waals surface area contributed by atoms with Crippen molar-refractivity contribution in [1.29, 1.82) is 0 Å². The third kappa shape index (κ3) is 21.1. The van der Waals surface area contributed by atoms with E-state index in [-0.39, 0.29) is 99.9 Å². The summed E-state index contributed by atoms with van der Waals surface area (Å²) in [6, 6.07) is 0. The molecule has 55 heavy (non-hydrogen) atoms. The Labute approximate surface area is 322 Å². The smallest absolute Gasteiger partial charge is 0.317 e. The van der Waals surface area contributed by atoms with Crippen LogP contribution in [0.2, 0.25) is 0 Å². The van der Waals surface area contributed by atoms with Crippen LogP contribution in [-0.4, -0.2) is 184 Å². The Morgan fingerprint density at radius 3 is 1.15 bits per heavy atom. The van der Waals surface area contributed by atoms with Crippen molar-refractivity contribution in [1.82, 2.24) is 25.3 Å². The van der Waals surface area contributed by atoms with E-state index in [2.05, 4.69) is 10.6 Å². The largest absolute Gasteiger partial charge is 0.480 e. The van der Waals surface area contributed by atoms with Crippen molar-refractivity contribution < 1.29 is 67.8 Å². The second-order valence-corrected chi connectivity index (χ2v) is 14.2. The maximum Gasteiger partial charge on any atom is 0.317 e. The Morgan fingerprint density at radius 2 is 0.818 bits per heavy atom. The number of carbonyl (C=O) groups excluding carboxylic acids is 4. The van der Waals surface area contributed by atoms with Crippen molar-refractivity contribution in [2.24, 2.45) is 23.7 Å². The molecular weight excluding hydrogens is 726 g/mol. The Kier molecular flexibility index (Phi) is 23.0. The summed E-state index contributed by atoms with van der Waals surface area (Å²) in [6.45, 7) is 0.193. The lowest BCUT2D eigenvalue weighted by Gasteiger charge is -2.29. The summed E-state index contributed by atoms with van der Waals surface area (Å²) in [7, 11) is 3.05. The molecule has 19 nitrogen and oxygen atoms in total. The van der Waals surface area contributed by atoms with E-state index in [1.54, 1.807) is 0 Å². The van der Waals surface area contributed by atoms with Crippen LogP contribution < -0.4 is 10.6 Å². The minimum Gasteiger partial charge on any atom is -0.480 e. The zero-order chi connectivity index (χ0) is 40.6. The molecule has 0 aromatic rings. The molecule has 2 fully saturated rings. The van der Waals surface area contributed by atoms with E-state index in [1.165, 1.54) is 28.9 Å². The molecular formula is C36H61N5O14. The number of hydrogen-bond acceptors (Lipinski definition) is 14. The molecule has 19 heteroatoms. The molecule has 2 rings (SSSR count). The van der Waals surface area contributed by atoms with Gasteiger partial charge in [-0.1, -0.05) is 0 Å². The Bertz CT molecular complexity index is 1140. The SMILES string of the molecule is COCCOC(=O)C1CCC(CNC(=O)CN(CCN(CCN(CC(=O)O)CC(=O)NCC2CCC(C(=O)OCCOC)CC2)CC(=O)O)CC(=O)O)CC1. The highest BCUT2D eigenvalue weighted by Gasteiger charge is 2.29. The van der Waals surface area contributed by atoms with Crippen molar-refractivity contribution in [2.75, 3.05) is 113 Å². The first-order valence-electron chi connectivity index (χ1n) is 19.0. The van der Waals surface area contributed by atoms with Gasteiger partial charge < -0.3 is 44.9 Å². The second kappa shape index (κ2) is 26.8. The van der Waals surface area contributed by atoms with Gasteiger partial charge in [0.2, 0.25) is 11.8 Å². The summed E-state index contributed by atoms with van der Waals surface area (Å²) in [5.74, 6) is -4.82. The number of carboxylic acids is 3. The minimum atomic E-state index is -1.17. The number of rotatable bonds is 28. The third-order valence-corrected chi connectivity index (χ3v) is 9.88. The van der Waals surface area contributed by atoms with Gasteiger partial charge in [0, 0.05) is 53.5 Å². The number of amides is 2. The lowest BCUT2D eigenvalue weighted by molar-refractivity contribution is -0.152. The van der Waals surface area contributed by atoms with Gasteiger partial charge in [-0.15, -0.1) is 0 Å². The molecule has 0 aliphatic heterocycles. The summed E-state index contributed by atoms with van der Waals surface area (Å²) in [5.41, 5.74) is 0. The molecule has 0 aromatic heterocycles. The van der Waals surface area contributed by atoms with E-state index in [0.29, 0.717) is 52.0 Å². The summed E-state index contributed by atoms with van der Waals surface area (Å²) < 4.78 is 20.2. The second-order valence-electron chi connectivity index (χ2n) is 14.2. The number of esters is 2. The van der Waals surface area contributed by atoms with E-state index >= 15 is 0 Å². The van der Waals surface area contributed by atoms with Crippen LogP contribution in [0.25, 0.3) is 0 Å². The number of hydrogen-bond donors (Lipinski definition) is 5. The maximum absolute atomic E-state index is 12.8. The summed E-state index contributed by atoms with van der Waals surface area (Å²) in [5, 5.41) is 34.2. The first-order valence-corrected chi connectivity index (χ1v) is 19.0. The van der Waals surface area contributed by atoms with E-state index in [1.807, 2.05) is 0 Å². The normalized spacial score (nSPS) is 19.9. The molecule has 2 amide bonds. The molecule has 0 bridgehead atoms. The first kappa shape index (κ1) is 47.2. The predicted molar refractivity (Wildman–Crippen MR) is 195 cm³/mol. The van der Waals surface area contributed by atoms with Crippen molar-refractivity contribution in [2.45, 2.75) is 51.4 Å². The van der Waals surface area contributed by atoms with Crippen LogP contribution in [0.15, 0.2) is 0 Å². The van der Waals surface area contributed by atoms with Crippen LogP contribution in [-0.2, 0) is 52.5 Å². The quantitative estimate of drug-likeness (QED) is 0.0489. The molecule has 0 radical (unpaired) electrons. The highest BCUT2D eigenvalue weighted by atomic mass is 16.6. The fourth-order valence-corrected chi connectivity index (χ4v) is 6.76. The highest BCUT2D eigenvalue weighted by Crippen LogP contribution is 2.30. The van der Waals surface area contributed by atoms with E-state index in [4.69, 9.17) is 18.9 Å². The van der Waals surface area contributed by atoms with E-state index < -0.39 is 37.5 Å². The molecule has 2 aliphatic rings. The van der Waals surface area contributed by atoms with E-state index in [9.17, 15) is 48.9 Å². The number of methoxy groups -OCH3 is 2. The topological polar surface area (TPSA) is 251 Å². The van der Waals surface area contributed by atoms with Gasteiger partial charge in [0.1, 0.15) is 13.2 Å². The molecule has 0 spiro atoms. The van der Waals surface area contributed by atoms with Gasteiger partial charge in [-0.2, -0.15) is 0 Å². The lowest BCUT2D eigenvalue weighted by atomic mass is 9.82. The molecule has 0 heterocycles. The zero-order valence-electron chi connectivity index (χ0n) is 32.2. The van der Waals surface area contributed by atoms with Crippen molar-refractivity contribution in [3.05, 3.63) is 0 Å². The van der Waals surface area contributed by atoms with Gasteiger partial charge in [0.05, 0.1) is 57.8 Å². The lowest BCUT2D eigenvalue weighted by Crippen LogP contribution is -2.47. The van der Waals surface area contributed by atoms with Crippen LogP contribution in [0.4, 0.5) is 0 Å². The van der Waals surface area contributed by atoms with Crippen LogP contribution in [0, 0.1) is 23.7 Å². The van der Waals surface area contributed by atoms with Crippen LogP contribution in [0.1, 0.15) is 51.4 Å². The third-order valence-electron chi connectivity index (χ3n) is 9.88. The zero-order valence-corrected chi connectivity index (χ0v) is 32.2. The average Bonchev–Trinajstić information content (AvgIpc) is 3.14. The molecule has 0 unspecified atom stereocenters. The predicted octanol–water partition coefficient (Wildman–Crippen LogP) is -0.629. The molecule has 314 valence electrons.